The molecular weight excluding hydrogens is 258 g/mol. The summed E-state index contributed by atoms with van der Waals surface area (Å²) in [4.78, 5) is 10.4. The Labute approximate surface area is 116 Å². The van der Waals surface area contributed by atoms with Crippen molar-refractivity contribution < 1.29 is 19.4 Å². The molecule has 5 heteroatoms. The van der Waals surface area contributed by atoms with Gasteiger partial charge in [-0.1, -0.05) is 30.3 Å². The molecule has 2 rings (SSSR count). The van der Waals surface area contributed by atoms with Crippen LogP contribution in [0.1, 0.15) is 11.6 Å². The van der Waals surface area contributed by atoms with E-state index in [4.69, 9.17) is 20.3 Å². The minimum absolute atomic E-state index is 0.155. The summed E-state index contributed by atoms with van der Waals surface area (Å²) in [5, 5.41) is 10.5. The molecule has 0 heterocycles. The first-order chi connectivity index (χ1) is 9.63. The lowest BCUT2D eigenvalue weighted by Gasteiger charge is -2.16. The predicted octanol–water partition coefficient (Wildman–Crippen LogP) is 1.95. The molecule has 1 atom stereocenters. The molecule has 2 aromatic rings. The summed E-state index contributed by atoms with van der Waals surface area (Å²) in [5.41, 5.74) is 6.99. The Morgan fingerprint density at radius 3 is 2.60 bits per heavy atom. The number of hydrogen-bond acceptors (Lipinski definition) is 4. The number of aliphatic carboxylic acids is 1. The van der Waals surface area contributed by atoms with Gasteiger partial charge < -0.3 is 20.3 Å². The van der Waals surface area contributed by atoms with Crippen molar-refractivity contribution in [2.45, 2.75) is 6.04 Å². The molecule has 0 fully saturated rings. The van der Waals surface area contributed by atoms with E-state index in [0.29, 0.717) is 0 Å². The summed E-state index contributed by atoms with van der Waals surface area (Å²) in [6.45, 7) is -0.190. The first-order valence-electron chi connectivity index (χ1n) is 6.24. The van der Waals surface area contributed by atoms with E-state index in [1.54, 1.807) is 7.11 Å². The third kappa shape index (κ3) is 3.07. The summed E-state index contributed by atoms with van der Waals surface area (Å²) in [6, 6.07) is 11.1. The van der Waals surface area contributed by atoms with Crippen molar-refractivity contribution in [2.24, 2.45) is 5.73 Å². The SMILES string of the molecule is COc1ccc(C(N)COCC(=O)O)c2ccccc12. The van der Waals surface area contributed by atoms with Crippen molar-refractivity contribution in [3.63, 3.8) is 0 Å². The van der Waals surface area contributed by atoms with Crippen molar-refractivity contribution in [1.29, 1.82) is 0 Å². The summed E-state index contributed by atoms with van der Waals surface area (Å²) < 4.78 is 10.4. The van der Waals surface area contributed by atoms with E-state index in [0.717, 1.165) is 22.1 Å². The highest BCUT2D eigenvalue weighted by molar-refractivity contribution is 5.91. The maximum absolute atomic E-state index is 10.4. The Morgan fingerprint density at radius 1 is 1.25 bits per heavy atom. The molecule has 5 nitrogen and oxygen atoms in total. The smallest absolute Gasteiger partial charge is 0.329 e. The van der Waals surface area contributed by atoms with Crippen LogP contribution in [0, 0.1) is 0 Å². The molecule has 0 aliphatic heterocycles. The van der Waals surface area contributed by atoms with E-state index in [-0.39, 0.29) is 19.3 Å². The third-order valence-electron chi connectivity index (χ3n) is 3.06. The summed E-state index contributed by atoms with van der Waals surface area (Å²) in [6.07, 6.45) is 0. The lowest BCUT2D eigenvalue weighted by Crippen LogP contribution is -2.20. The zero-order valence-electron chi connectivity index (χ0n) is 11.2. The fourth-order valence-corrected chi connectivity index (χ4v) is 2.16. The molecule has 0 aliphatic rings. The van der Waals surface area contributed by atoms with E-state index in [1.807, 2.05) is 36.4 Å². The zero-order valence-corrected chi connectivity index (χ0v) is 11.2. The Hall–Kier alpha value is -2.11. The molecule has 0 amide bonds. The van der Waals surface area contributed by atoms with Gasteiger partial charge in [0, 0.05) is 5.39 Å². The Balaban J connectivity index is 2.28. The van der Waals surface area contributed by atoms with Crippen LogP contribution in [0.25, 0.3) is 10.8 Å². The highest BCUT2D eigenvalue weighted by atomic mass is 16.5. The molecule has 2 aromatic carbocycles. The number of ether oxygens (including phenoxy) is 2. The molecule has 1 unspecified atom stereocenters. The molecule has 0 spiro atoms. The van der Waals surface area contributed by atoms with E-state index in [2.05, 4.69) is 0 Å². The quantitative estimate of drug-likeness (QED) is 0.842. The topological polar surface area (TPSA) is 81.8 Å². The van der Waals surface area contributed by atoms with Crippen LogP contribution in [0.4, 0.5) is 0 Å². The maximum Gasteiger partial charge on any atom is 0.329 e. The molecule has 3 N–H and O–H groups in total. The van der Waals surface area contributed by atoms with Crippen LogP contribution in [0.3, 0.4) is 0 Å². The van der Waals surface area contributed by atoms with Gasteiger partial charge in [-0.25, -0.2) is 4.79 Å². The van der Waals surface area contributed by atoms with Gasteiger partial charge in [0.15, 0.2) is 0 Å². The number of rotatable bonds is 6. The summed E-state index contributed by atoms with van der Waals surface area (Å²) >= 11 is 0. The molecule has 0 aromatic heterocycles. The predicted molar refractivity (Wildman–Crippen MR) is 75.9 cm³/mol. The Kier molecular flexibility index (Phi) is 4.55. The number of fused-ring (bicyclic) bond motifs is 1. The van der Waals surface area contributed by atoms with Crippen molar-refractivity contribution >= 4 is 16.7 Å². The maximum atomic E-state index is 10.4. The number of methoxy groups -OCH3 is 1. The normalized spacial score (nSPS) is 12.3. The fourth-order valence-electron chi connectivity index (χ4n) is 2.16. The van der Waals surface area contributed by atoms with Crippen molar-refractivity contribution in [2.75, 3.05) is 20.3 Å². The molecule has 0 radical (unpaired) electrons. The van der Waals surface area contributed by atoms with Crippen molar-refractivity contribution in [1.82, 2.24) is 0 Å². The lowest BCUT2D eigenvalue weighted by atomic mass is 9.99. The summed E-state index contributed by atoms with van der Waals surface area (Å²) in [7, 11) is 1.62. The van der Waals surface area contributed by atoms with E-state index < -0.39 is 5.97 Å². The van der Waals surface area contributed by atoms with Gasteiger partial charge in [0.1, 0.15) is 12.4 Å². The average Bonchev–Trinajstić information content (AvgIpc) is 2.45. The molecule has 0 aliphatic carbocycles. The summed E-state index contributed by atoms with van der Waals surface area (Å²) in [5.74, 6) is -0.222. The second kappa shape index (κ2) is 6.36. The second-order valence-corrected chi connectivity index (χ2v) is 4.42. The highest BCUT2D eigenvalue weighted by Gasteiger charge is 2.13. The van der Waals surface area contributed by atoms with Crippen LogP contribution in [0.15, 0.2) is 36.4 Å². The molecular formula is C15H17NO4. The molecule has 106 valence electrons. The fraction of sp³-hybridized carbons (Fsp3) is 0.267. The van der Waals surface area contributed by atoms with Crippen LogP contribution in [0.2, 0.25) is 0 Å². The highest BCUT2D eigenvalue weighted by Crippen LogP contribution is 2.30. The van der Waals surface area contributed by atoms with Gasteiger partial charge in [-0.3, -0.25) is 0 Å². The van der Waals surface area contributed by atoms with Crippen LogP contribution in [-0.2, 0) is 9.53 Å². The standard InChI is InChI=1S/C15H17NO4/c1-19-14-7-6-11(10-4-2-3-5-12(10)14)13(16)8-20-9-15(17)18/h2-7,13H,8-9,16H2,1H3,(H,17,18). The van der Waals surface area contributed by atoms with Gasteiger partial charge in [0.25, 0.3) is 0 Å². The van der Waals surface area contributed by atoms with E-state index in [1.165, 1.54) is 0 Å². The molecule has 20 heavy (non-hydrogen) atoms. The van der Waals surface area contributed by atoms with Crippen LogP contribution >= 0.6 is 0 Å². The number of carboxylic acids is 1. The van der Waals surface area contributed by atoms with Gasteiger partial charge in [-0.05, 0) is 17.0 Å². The van der Waals surface area contributed by atoms with Crippen LogP contribution in [-0.4, -0.2) is 31.4 Å². The van der Waals surface area contributed by atoms with Crippen LogP contribution in [0.5, 0.6) is 5.75 Å². The minimum Gasteiger partial charge on any atom is -0.496 e. The van der Waals surface area contributed by atoms with Gasteiger partial charge in [-0.2, -0.15) is 0 Å². The van der Waals surface area contributed by atoms with E-state index in [9.17, 15) is 4.79 Å². The number of carbonyl (C=O) groups is 1. The number of carboxylic acid groups (broad SMARTS) is 1. The number of hydrogen-bond donors (Lipinski definition) is 2. The first-order valence-corrected chi connectivity index (χ1v) is 6.24. The van der Waals surface area contributed by atoms with E-state index >= 15 is 0 Å². The monoisotopic (exact) mass is 275 g/mol. The minimum atomic E-state index is -1.00. The zero-order chi connectivity index (χ0) is 14.5. The number of nitrogens with two attached hydrogens (primary N) is 1. The van der Waals surface area contributed by atoms with Crippen LogP contribution < -0.4 is 10.5 Å². The molecule has 0 saturated carbocycles. The van der Waals surface area contributed by atoms with Gasteiger partial charge in [-0.15, -0.1) is 0 Å². The Morgan fingerprint density at radius 2 is 1.95 bits per heavy atom. The lowest BCUT2D eigenvalue weighted by molar-refractivity contribution is -0.142. The largest absolute Gasteiger partial charge is 0.496 e. The van der Waals surface area contributed by atoms with Crippen molar-refractivity contribution in [3.8, 4) is 5.75 Å². The average molecular weight is 275 g/mol. The Bertz CT molecular complexity index is 612. The third-order valence-corrected chi connectivity index (χ3v) is 3.06. The number of benzene rings is 2. The van der Waals surface area contributed by atoms with Gasteiger partial charge in [0.2, 0.25) is 0 Å². The van der Waals surface area contributed by atoms with Gasteiger partial charge in [0.05, 0.1) is 19.8 Å². The second-order valence-electron chi connectivity index (χ2n) is 4.42. The van der Waals surface area contributed by atoms with Gasteiger partial charge >= 0.3 is 5.97 Å². The molecule has 0 saturated heterocycles. The molecule has 0 bridgehead atoms. The first kappa shape index (κ1) is 14.3. The van der Waals surface area contributed by atoms with Crippen molar-refractivity contribution in [3.05, 3.63) is 42.0 Å².